The molecule has 1 aromatic heterocycles. The van der Waals surface area contributed by atoms with Crippen LogP contribution in [0.5, 0.6) is 0 Å². The molecule has 0 fully saturated rings. The fourth-order valence-electron chi connectivity index (χ4n) is 1.94. The van der Waals surface area contributed by atoms with Crippen LogP contribution in [0.15, 0.2) is 39.4 Å². The SMILES string of the molecule is CCNC(Cc1ccc(Cl)c(Cl)c1)c1ccc(Br)o1. The second kappa shape index (κ2) is 6.80. The van der Waals surface area contributed by atoms with Gasteiger partial charge in [0.2, 0.25) is 0 Å². The molecule has 2 aromatic rings. The molecule has 0 radical (unpaired) electrons. The Balaban J connectivity index is 2.18. The van der Waals surface area contributed by atoms with Gasteiger partial charge in [0.15, 0.2) is 4.67 Å². The van der Waals surface area contributed by atoms with Crippen LogP contribution in [0, 0.1) is 0 Å². The number of furan rings is 1. The number of likely N-dealkylation sites (N-methyl/N-ethyl adjacent to an activating group) is 1. The molecule has 0 aliphatic carbocycles. The molecule has 5 heteroatoms. The van der Waals surface area contributed by atoms with Gasteiger partial charge in [0, 0.05) is 0 Å². The predicted molar refractivity (Wildman–Crippen MR) is 83.0 cm³/mol. The van der Waals surface area contributed by atoms with Gasteiger partial charge in [-0.1, -0.05) is 36.2 Å². The Morgan fingerprint density at radius 3 is 2.58 bits per heavy atom. The maximum absolute atomic E-state index is 6.04. The third-order valence-electron chi connectivity index (χ3n) is 2.81. The molecule has 0 aliphatic heterocycles. The molecule has 1 aromatic carbocycles. The summed E-state index contributed by atoms with van der Waals surface area (Å²) >= 11 is 15.3. The van der Waals surface area contributed by atoms with E-state index in [2.05, 4.69) is 28.2 Å². The first-order chi connectivity index (χ1) is 9.10. The van der Waals surface area contributed by atoms with Crippen LogP contribution >= 0.6 is 39.1 Å². The van der Waals surface area contributed by atoms with Crippen molar-refractivity contribution < 1.29 is 4.42 Å². The van der Waals surface area contributed by atoms with Gasteiger partial charge in [0.1, 0.15) is 5.76 Å². The molecular weight excluding hydrogens is 349 g/mol. The molecule has 0 spiro atoms. The first-order valence-corrected chi connectivity index (χ1v) is 7.57. The van der Waals surface area contributed by atoms with Gasteiger partial charge in [0.25, 0.3) is 0 Å². The second-order valence-corrected chi connectivity index (χ2v) is 5.80. The van der Waals surface area contributed by atoms with Gasteiger partial charge >= 0.3 is 0 Å². The van der Waals surface area contributed by atoms with Crippen LogP contribution in [0.1, 0.15) is 24.3 Å². The standard InChI is InChI=1S/C14H14BrCl2NO/c1-2-18-12(13-5-6-14(15)19-13)8-9-3-4-10(16)11(17)7-9/h3-7,12,18H,2,8H2,1H3. The minimum atomic E-state index is 0.119. The number of halogens is 3. The Morgan fingerprint density at radius 2 is 2.00 bits per heavy atom. The van der Waals surface area contributed by atoms with E-state index in [1.54, 1.807) is 0 Å². The smallest absolute Gasteiger partial charge is 0.169 e. The first kappa shape index (κ1) is 14.9. The zero-order valence-corrected chi connectivity index (χ0v) is 13.5. The molecule has 102 valence electrons. The predicted octanol–water partition coefficient (Wildman–Crippen LogP) is 5.24. The van der Waals surface area contributed by atoms with Crippen molar-refractivity contribution in [3.05, 3.63) is 56.4 Å². The van der Waals surface area contributed by atoms with Gasteiger partial charge in [-0.15, -0.1) is 0 Å². The van der Waals surface area contributed by atoms with Crippen LogP contribution in [-0.2, 0) is 6.42 Å². The number of hydrogen-bond donors (Lipinski definition) is 1. The Bertz CT molecular complexity index is 556. The van der Waals surface area contributed by atoms with Crippen molar-refractivity contribution in [2.75, 3.05) is 6.54 Å². The Morgan fingerprint density at radius 1 is 1.21 bits per heavy atom. The molecule has 1 unspecified atom stereocenters. The van der Waals surface area contributed by atoms with Crippen molar-refractivity contribution in [3.63, 3.8) is 0 Å². The fraction of sp³-hybridized carbons (Fsp3) is 0.286. The van der Waals surface area contributed by atoms with Crippen LogP contribution in [0.2, 0.25) is 10.0 Å². The van der Waals surface area contributed by atoms with E-state index in [-0.39, 0.29) is 6.04 Å². The summed E-state index contributed by atoms with van der Waals surface area (Å²) in [6.07, 6.45) is 0.796. The summed E-state index contributed by atoms with van der Waals surface area (Å²) in [5, 5.41) is 4.56. The highest BCUT2D eigenvalue weighted by Gasteiger charge is 2.15. The summed E-state index contributed by atoms with van der Waals surface area (Å²) in [6, 6.07) is 9.68. The van der Waals surface area contributed by atoms with E-state index in [4.69, 9.17) is 27.6 Å². The Hall–Kier alpha value is -0.480. The quantitative estimate of drug-likeness (QED) is 0.786. The molecule has 1 heterocycles. The average molecular weight is 363 g/mol. The molecule has 0 aliphatic rings. The van der Waals surface area contributed by atoms with Crippen LogP contribution in [0.3, 0.4) is 0 Å². The summed E-state index contributed by atoms with van der Waals surface area (Å²) in [4.78, 5) is 0. The van der Waals surface area contributed by atoms with E-state index >= 15 is 0 Å². The van der Waals surface area contributed by atoms with Gasteiger partial charge in [-0.05, 0) is 58.7 Å². The molecule has 0 saturated heterocycles. The van der Waals surface area contributed by atoms with Gasteiger partial charge in [-0.25, -0.2) is 0 Å². The van der Waals surface area contributed by atoms with Crippen molar-refractivity contribution in [2.24, 2.45) is 0 Å². The molecular formula is C14H14BrCl2NO. The minimum absolute atomic E-state index is 0.119. The monoisotopic (exact) mass is 361 g/mol. The third kappa shape index (κ3) is 3.99. The average Bonchev–Trinajstić information content (AvgIpc) is 2.80. The van der Waals surface area contributed by atoms with E-state index in [1.165, 1.54) is 0 Å². The van der Waals surface area contributed by atoms with E-state index in [0.29, 0.717) is 10.0 Å². The third-order valence-corrected chi connectivity index (χ3v) is 3.98. The van der Waals surface area contributed by atoms with Crippen LogP contribution in [0.25, 0.3) is 0 Å². The largest absolute Gasteiger partial charge is 0.453 e. The highest BCUT2D eigenvalue weighted by molar-refractivity contribution is 9.10. The topological polar surface area (TPSA) is 25.2 Å². The minimum Gasteiger partial charge on any atom is -0.453 e. The zero-order chi connectivity index (χ0) is 13.8. The van der Waals surface area contributed by atoms with Gasteiger partial charge in [0.05, 0.1) is 16.1 Å². The van der Waals surface area contributed by atoms with E-state index in [9.17, 15) is 0 Å². The Kier molecular flexibility index (Phi) is 5.34. The van der Waals surface area contributed by atoms with Gasteiger partial charge < -0.3 is 9.73 Å². The highest BCUT2D eigenvalue weighted by atomic mass is 79.9. The fourth-order valence-corrected chi connectivity index (χ4v) is 2.58. The van der Waals surface area contributed by atoms with Crippen molar-refractivity contribution in [2.45, 2.75) is 19.4 Å². The second-order valence-electron chi connectivity index (χ2n) is 4.20. The summed E-state index contributed by atoms with van der Waals surface area (Å²) in [5.74, 6) is 0.903. The van der Waals surface area contributed by atoms with Crippen LogP contribution in [0.4, 0.5) is 0 Å². The molecule has 1 atom stereocenters. The lowest BCUT2D eigenvalue weighted by molar-refractivity contribution is 0.405. The molecule has 0 amide bonds. The molecule has 19 heavy (non-hydrogen) atoms. The maximum atomic E-state index is 6.04. The summed E-state index contributed by atoms with van der Waals surface area (Å²) in [5.41, 5.74) is 1.12. The maximum Gasteiger partial charge on any atom is 0.169 e. The molecule has 2 rings (SSSR count). The lowest BCUT2D eigenvalue weighted by Crippen LogP contribution is -2.22. The molecule has 0 bridgehead atoms. The lowest BCUT2D eigenvalue weighted by atomic mass is 10.0. The Labute approximate surface area is 131 Å². The number of rotatable bonds is 5. The number of hydrogen-bond acceptors (Lipinski definition) is 2. The molecule has 0 saturated carbocycles. The van der Waals surface area contributed by atoms with Gasteiger partial charge in [-0.2, -0.15) is 0 Å². The van der Waals surface area contributed by atoms with E-state index in [0.717, 1.165) is 29.0 Å². The van der Waals surface area contributed by atoms with Crippen molar-refractivity contribution in [1.29, 1.82) is 0 Å². The summed E-state index contributed by atoms with van der Waals surface area (Å²) < 4.78 is 6.36. The lowest BCUT2D eigenvalue weighted by Gasteiger charge is -2.16. The summed E-state index contributed by atoms with van der Waals surface area (Å²) in [6.45, 7) is 2.93. The van der Waals surface area contributed by atoms with Crippen molar-refractivity contribution in [3.8, 4) is 0 Å². The highest BCUT2D eigenvalue weighted by Crippen LogP contribution is 2.27. The molecule has 2 nitrogen and oxygen atoms in total. The van der Waals surface area contributed by atoms with Crippen LogP contribution in [-0.4, -0.2) is 6.54 Å². The normalized spacial score (nSPS) is 12.6. The number of nitrogens with one attached hydrogen (secondary N) is 1. The zero-order valence-electron chi connectivity index (χ0n) is 10.4. The van der Waals surface area contributed by atoms with E-state index < -0.39 is 0 Å². The summed E-state index contributed by atoms with van der Waals surface area (Å²) in [7, 11) is 0. The van der Waals surface area contributed by atoms with Crippen molar-refractivity contribution in [1.82, 2.24) is 5.32 Å². The van der Waals surface area contributed by atoms with Crippen molar-refractivity contribution >= 4 is 39.1 Å². The molecule has 1 N–H and O–H groups in total. The van der Waals surface area contributed by atoms with E-state index in [1.807, 2.05) is 30.3 Å². The first-order valence-electron chi connectivity index (χ1n) is 6.02. The van der Waals surface area contributed by atoms with Gasteiger partial charge in [-0.3, -0.25) is 0 Å². The van der Waals surface area contributed by atoms with Crippen LogP contribution < -0.4 is 5.32 Å². The number of benzene rings is 1.